The number of hydrogen-bond donors (Lipinski definition) is 0. The average Bonchev–Trinajstić information content (AvgIpc) is 3.14. The largest absolute Gasteiger partial charge is 0.368 e. The number of aromatic nitrogens is 4. The van der Waals surface area contributed by atoms with Crippen molar-refractivity contribution in [1.82, 2.24) is 29.4 Å². The first-order chi connectivity index (χ1) is 14.5. The molecular formula is C21H31N7O2. The van der Waals surface area contributed by atoms with E-state index in [0.29, 0.717) is 25.3 Å². The summed E-state index contributed by atoms with van der Waals surface area (Å²) >= 11 is 0. The highest BCUT2D eigenvalue weighted by Crippen LogP contribution is 2.22. The molecule has 9 heteroatoms. The van der Waals surface area contributed by atoms with Gasteiger partial charge in [0, 0.05) is 51.9 Å². The van der Waals surface area contributed by atoms with Gasteiger partial charge in [0.15, 0.2) is 0 Å². The molecule has 1 amide bonds. The van der Waals surface area contributed by atoms with Gasteiger partial charge >= 0.3 is 0 Å². The number of piperazine rings is 1. The van der Waals surface area contributed by atoms with E-state index in [0.717, 1.165) is 50.4 Å². The molecule has 2 saturated heterocycles. The second-order valence-electron chi connectivity index (χ2n) is 8.32. The second kappa shape index (κ2) is 8.59. The summed E-state index contributed by atoms with van der Waals surface area (Å²) in [5, 5.41) is 8.88. The van der Waals surface area contributed by atoms with E-state index in [1.54, 1.807) is 21.6 Å². The van der Waals surface area contributed by atoms with Gasteiger partial charge in [-0.2, -0.15) is 10.2 Å². The maximum atomic E-state index is 13.1. The number of amides is 1. The van der Waals surface area contributed by atoms with Crippen molar-refractivity contribution in [1.29, 1.82) is 0 Å². The molecule has 2 fully saturated rings. The zero-order valence-corrected chi connectivity index (χ0v) is 18.1. The molecule has 30 heavy (non-hydrogen) atoms. The summed E-state index contributed by atoms with van der Waals surface area (Å²) < 4.78 is 3.30. The summed E-state index contributed by atoms with van der Waals surface area (Å²) in [4.78, 5) is 32.3. The number of nitrogens with zero attached hydrogens (tertiary/aromatic N) is 7. The molecule has 1 atom stereocenters. The van der Waals surface area contributed by atoms with E-state index in [-0.39, 0.29) is 17.5 Å². The average molecular weight is 414 g/mol. The van der Waals surface area contributed by atoms with E-state index in [1.807, 2.05) is 24.8 Å². The van der Waals surface area contributed by atoms with E-state index < -0.39 is 0 Å². The van der Waals surface area contributed by atoms with Crippen LogP contribution < -0.4 is 10.5 Å². The molecule has 2 aliphatic heterocycles. The molecule has 0 N–H and O–H groups in total. The predicted octanol–water partition coefficient (Wildman–Crippen LogP) is 0.997. The van der Waals surface area contributed by atoms with Crippen molar-refractivity contribution >= 4 is 11.6 Å². The van der Waals surface area contributed by atoms with Gasteiger partial charge in [0.2, 0.25) is 0 Å². The lowest BCUT2D eigenvalue weighted by Crippen LogP contribution is -2.46. The smallest absolute Gasteiger partial charge is 0.272 e. The molecule has 0 spiro atoms. The van der Waals surface area contributed by atoms with Gasteiger partial charge in [-0.25, -0.2) is 4.68 Å². The van der Waals surface area contributed by atoms with Gasteiger partial charge in [-0.3, -0.25) is 14.3 Å². The van der Waals surface area contributed by atoms with Crippen molar-refractivity contribution in [2.24, 2.45) is 0 Å². The van der Waals surface area contributed by atoms with Gasteiger partial charge < -0.3 is 14.7 Å². The molecule has 0 bridgehead atoms. The van der Waals surface area contributed by atoms with Gasteiger partial charge in [-0.1, -0.05) is 0 Å². The van der Waals surface area contributed by atoms with E-state index in [2.05, 4.69) is 27.0 Å². The monoisotopic (exact) mass is 413 g/mol. The molecule has 0 saturated carbocycles. The van der Waals surface area contributed by atoms with Crippen LogP contribution in [0.25, 0.3) is 0 Å². The second-order valence-corrected chi connectivity index (χ2v) is 8.32. The van der Waals surface area contributed by atoms with E-state index in [1.165, 1.54) is 0 Å². The number of piperidine rings is 1. The maximum absolute atomic E-state index is 13.1. The molecule has 4 heterocycles. The Balaban J connectivity index is 1.49. The molecule has 0 unspecified atom stereocenters. The minimum atomic E-state index is -0.101. The molecule has 2 aliphatic rings. The molecule has 0 radical (unpaired) electrons. The fourth-order valence-electron chi connectivity index (χ4n) is 4.38. The van der Waals surface area contributed by atoms with Crippen LogP contribution >= 0.6 is 0 Å². The van der Waals surface area contributed by atoms with Crippen LogP contribution in [0.15, 0.2) is 23.1 Å². The Hall–Kier alpha value is -2.68. The topological polar surface area (TPSA) is 79.5 Å². The summed E-state index contributed by atoms with van der Waals surface area (Å²) in [6.45, 7) is 9.48. The predicted molar refractivity (Wildman–Crippen MR) is 115 cm³/mol. The van der Waals surface area contributed by atoms with Crippen LogP contribution in [0, 0.1) is 6.92 Å². The highest BCUT2D eigenvalue weighted by Gasteiger charge is 2.29. The molecular weight excluding hydrogens is 382 g/mol. The van der Waals surface area contributed by atoms with Gasteiger partial charge in [0.1, 0.15) is 5.69 Å². The minimum Gasteiger partial charge on any atom is -0.368 e. The summed E-state index contributed by atoms with van der Waals surface area (Å²) in [5.74, 6) is -0.0238. The van der Waals surface area contributed by atoms with Gasteiger partial charge in [0.25, 0.3) is 11.5 Å². The van der Waals surface area contributed by atoms with Crippen LogP contribution in [0.3, 0.4) is 0 Å². The first-order valence-corrected chi connectivity index (χ1v) is 10.8. The Kier molecular flexibility index (Phi) is 5.90. The molecule has 2 aromatic heterocycles. The molecule has 2 aromatic rings. The van der Waals surface area contributed by atoms with Crippen LogP contribution in [0.2, 0.25) is 0 Å². The van der Waals surface area contributed by atoms with E-state index in [4.69, 9.17) is 0 Å². The van der Waals surface area contributed by atoms with Crippen molar-refractivity contribution in [3.8, 4) is 0 Å². The maximum Gasteiger partial charge on any atom is 0.272 e. The van der Waals surface area contributed by atoms with Crippen molar-refractivity contribution < 1.29 is 4.79 Å². The van der Waals surface area contributed by atoms with Crippen LogP contribution in [0.1, 0.15) is 42.0 Å². The van der Waals surface area contributed by atoms with Crippen molar-refractivity contribution in [2.75, 3.05) is 51.2 Å². The van der Waals surface area contributed by atoms with Gasteiger partial charge in [-0.15, -0.1) is 0 Å². The number of rotatable bonds is 4. The van der Waals surface area contributed by atoms with E-state index in [9.17, 15) is 9.59 Å². The number of carbonyl (C=O) groups excluding carboxylic acids is 1. The van der Waals surface area contributed by atoms with Crippen LogP contribution in [0.4, 0.5) is 5.69 Å². The first-order valence-electron chi connectivity index (χ1n) is 10.8. The van der Waals surface area contributed by atoms with Crippen molar-refractivity contribution in [3.05, 3.63) is 40.1 Å². The third-order valence-corrected chi connectivity index (χ3v) is 6.13. The summed E-state index contributed by atoms with van der Waals surface area (Å²) in [6.07, 6.45) is 3.49. The van der Waals surface area contributed by atoms with Gasteiger partial charge in [0.05, 0.1) is 23.6 Å². The van der Waals surface area contributed by atoms with Gasteiger partial charge in [-0.05, 0) is 39.8 Å². The Morgan fingerprint density at radius 3 is 2.63 bits per heavy atom. The fraction of sp³-hybridized carbons (Fsp3) is 0.619. The quantitative estimate of drug-likeness (QED) is 0.744. The lowest BCUT2D eigenvalue weighted by atomic mass is 10.1. The molecule has 4 rings (SSSR count). The molecule has 9 nitrogen and oxygen atoms in total. The zero-order valence-electron chi connectivity index (χ0n) is 18.1. The number of carbonyl (C=O) groups is 1. The standard InChI is InChI=1S/C21H31N7O2/c1-4-27-19(12-16(2)23-27)21(30)26-7-5-6-17(15-26)28-20(29)13-18(14-22-28)25-10-8-24(3)9-11-25/h12-14,17H,4-11,15H2,1-3H3/t17-/m1/s1. The van der Waals surface area contributed by atoms with Crippen molar-refractivity contribution in [2.45, 2.75) is 39.3 Å². The Bertz CT molecular complexity index is 959. The first kappa shape index (κ1) is 20.6. The van der Waals surface area contributed by atoms with Crippen molar-refractivity contribution in [3.63, 3.8) is 0 Å². The van der Waals surface area contributed by atoms with E-state index >= 15 is 0 Å². The molecule has 0 aromatic carbocycles. The lowest BCUT2D eigenvalue weighted by molar-refractivity contribution is 0.0657. The zero-order chi connectivity index (χ0) is 21.3. The Morgan fingerprint density at radius 1 is 1.17 bits per heavy atom. The SMILES string of the molecule is CCn1nc(C)cc1C(=O)N1CCC[C@@H](n2ncc(N3CCN(C)CC3)cc2=O)C1. The minimum absolute atomic E-state index is 0.0238. The Morgan fingerprint density at radius 2 is 1.93 bits per heavy atom. The lowest BCUT2D eigenvalue weighted by Gasteiger charge is -2.35. The third-order valence-electron chi connectivity index (χ3n) is 6.13. The normalized spacial score (nSPS) is 20.6. The number of anilines is 1. The molecule has 0 aliphatic carbocycles. The summed E-state index contributed by atoms with van der Waals surface area (Å²) in [7, 11) is 2.11. The Labute approximate surface area is 176 Å². The van der Waals surface area contributed by atoms with Crippen LogP contribution in [-0.4, -0.2) is 81.6 Å². The number of hydrogen-bond acceptors (Lipinski definition) is 6. The summed E-state index contributed by atoms with van der Waals surface area (Å²) in [5.41, 5.74) is 2.24. The highest BCUT2D eigenvalue weighted by atomic mass is 16.2. The molecule has 162 valence electrons. The number of likely N-dealkylation sites (tertiary alicyclic amines) is 1. The third kappa shape index (κ3) is 4.12. The highest BCUT2D eigenvalue weighted by molar-refractivity contribution is 5.92. The number of likely N-dealkylation sites (N-methyl/N-ethyl adjacent to an activating group) is 1. The summed E-state index contributed by atoms with van der Waals surface area (Å²) in [6, 6.07) is 3.43. The fourth-order valence-corrected chi connectivity index (χ4v) is 4.38. The number of aryl methyl sites for hydroxylation is 2. The van der Waals surface area contributed by atoms with Crippen LogP contribution in [0.5, 0.6) is 0 Å². The van der Waals surface area contributed by atoms with Crippen LogP contribution in [-0.2, 0) is 6.54 Å².